The van der Waals surface area contributed by atoms with Crippen LogP contribution in [0.15, 0.2) is 211 Å². The highest BCUT2D eigenvalue weighted by atomic mass is 16.3. The molecule has 264 valence electrons. The van der Waals surface area contributed by atoms with E-state index in [0.29, 0.717) is 17.5 Å². The second-order valence-corrected chi connectivity index (χ2v) is 13.7. The fourth-order valence-corrected chi connectivity index (χ4v) is 7.38. The lowest BCUT2D eigenvalue weighted by atomic mass is 10.00. The van der Waals surface area contributed by atoms with Crippen molar-refractivity contribution in [1.82, 2.24) is 15.0 Å². The molecule has 0 N–H and O–H groups in total. The topological polar surface area (TPSA) is 55.1 Å². The van der Waals surface area contributed by atoms with Crippen LogP contribution in [-0.2, 0) is 0 Å². The summed E-state index contributed by atoms with van der Waals surface area (Å²) in [5.74, 6) is 1.84. The molecule has 56 heavy (non-hydrogen) atoms. The summed E-state index contributed by atoms with van der Waals surface area (Å²) in [5.41, 5.74) is 12.2. The number of benzene rings is 8. The van der Waals surface area contributed by atoms with E-state index >= 15 is 0 Å². The number of anilines is 3. The summed E-state index contributed by atoms with van der Waals surface area (Å²) in [4.78, 5) is 17.3. The van der Waals surface area contributed by atoms with Crippen molar-refractivity contribution in [3.8, 4) is 56.4 Å². The molecule has 0 saturated carbocycles. The van der Waals surface area contributed by atoms with Crippen molar-refractivity contribution in [2.24, 2.45) is 0 Å². The van der Waals surface area contributed by atoms with Crippen LogP contribution in [0.4, 0.5) is 17.1 Å². The summed E-state index contributed by atoms with van der Waals surface area (Å²) in [6, 6.07) is 71.1. The van der Waals surface area contributed by atoms with E-state index in [1.165, 1.54) is 11.1 Å². The Morgan fingerprint density at radius 2 is 0.768 bits per heavy atom. The molecule has 0 aliphatic heterocycles. The third kappa shape index (κ3) is 6.27. The van der Waals surface area contributed by atoms with Gasteiger partial charge in [-0.1, -0.05) is 152 Å². The van der Waals surface area contributed by atoms with Gasteiger partial charge in [0.2, 0.25) is 0 Å². The van der Waals surface area contributed by atoms with Crippen molar-refractivity contribution >= 4 is 39.0 Å². The van der Waals surface area contributed by atoms with Crippen LogP contribution in [0, 0.1) is 0 Å². The van der Waals surface area contributed by atoms with E-state index in [2.05, 4.69) is 132 Å². The van der Waals surface area contributed by atoms with Crippen LogP contribution in [0.2, 0.25) is 0 Å². The first kappa shape index (κ1) is 33.0. The van der Waals surface area contributed by atoms with E-state index in [-0.39, 0.29) is 0 Å². The van der Waals surface area contributed by atoms with Crippen LogP contribution < -0.4 is 4.90 Å². The largest absolute Gasteiger partial charge is 0.456 e. The maximum absolute atomic E-state index is 6.44. The third-order valence-corrected chi connectivity index (χ3v) is 10.1. The van der Waals surface area contributed by atoms with Crippen molar-refractivity contribution in [1.29, 1.82) is 0 Å². The molecule has 0 bridgehead atoms. The quantitative estimate of drug-likeness (QED) is 0.157. The fourth-order valence-electron chi connectivity index (χ4n) is 7.38. The van der Waals surface area contributed by atoms with Crippen molar-refractivity contribution in [3.05, 3.63) is 206 Å². The molecule has 0 aliphatic rings. The summed E-state index contributed by atoms with van der Waals surface area (Å²) >= 11 is 0. The summed E-state index contributed by atoms with van der Waals surface area (Å²) in [6.45, 7) is 0. The number of para-hydroxylation sites is 1. The highest BCUT2D eigenvalue weighted by Crippen LogP contribution is 2.40. The summed E-state index contributed by atoms with van der Waals surface area (Å²) < 4.78 is 6.44. The number of fused-ring (bicyclic) bond motifs is 3. The first-order valence-corrected chi connectivity index (χ1v) is 18.7. The standard InChI is InChI=1S/C51H34N4O/c1-5-14-35(15-6-1)36-24-29-42(30-25-36)55(41-20-11-4-12-21-41)43-31-26-37(27-32-43)40-28-33-46-45(34-40)48-44(22-13-23-47(48)56-46)51-53-49(38-16-7-2-8-17-38)52-50(54-51)39-18-9-3-10-19-39/h1-34H. The molecule has 0 aliphatic carbocycles. The Hall–Kier alpha value is -7.63. The molecule has 0 unspecified atom stereocenters. The summed E-state index contributed by atoms with van der Waals surface area (Å²) in [5, 5.41) is 1.98. The predicted molar refractivity (Wildman–Crippen MR) is 229 cm³/mol. The van der Waals surface area contributed by atoms with Gasteiger partial charge in [-0.3, -0.25) is 0 Å². The minimum Gasteiger partial charge on any atom is -0.456 e. The highest BCUT2D eigenvalue weighted by Gasteiger charge is 2.19. The van der Waals surface area contributed by atoms with Gasteiger partial charge in [-0.25, -0.2) is 15.0 Å². The Bertz CT molecular complexity index is 2870. The van der Waals surface area contributed by atoms with Gasteiger partial charge in [0.05, 0.1) is 0 Å². The third-order valence-electron chi connectivity index (χ3n) is 10.1. The molecule has 5 nitrogen and oxygen atoms in total. The SMILES string of the molecule is c1ccc(-c2ccc(N(c3ccccc3)c3ccc(-c4ccc5oc6cccc(-c7nc(-c8ccccc8)nc(-c8ccccc8)n7)c6c5c4)cc3)cc2)cc1. The Labute approximate surface area is 324 Å². The molecule has 0 atom stereocenters. The van der Waals surface area contributed by atoms with E-state index in [4.69, 9.17) is 19.4 Å². The monoisotopic (exact) mass is 718 g/mol. The smallest absolute Gasteiger partial charge is 0.164 e. The first-order valence-electron chi connectivity index (χ1n) is 18.7. The van der Waals surface area contributed by atoms with Gasteiger partial charge in [-0.15, -0.1) is 0 Å². The molecular formula is C51H34N4O. The maximum atomic E-state index is 6.44. The molecule has 0 amide bonds. The summed E-state index contributed by atoms with van der Waals surface area (Å²) in [7, 11) is 0. The lowest BCUT2D eigenvalue weighted by Crippen LogP contribution is -2.09. The molecule has 10 aromatic rings. The zero-order chi connectivity index (χ0) is 37.3. The Morgan fingerprint density at radius 1 is 0.321 bits per heavy atom. The number of hydrogen-bond acceptors (Lipinski definition) is 5. The number of nitrogens with zero attached hydrogens (tertiary/aromatic N) is 4. The Balaban J connectivity index is 1.04. The maximum Gasteiger partial charge on any atom is 0.164 e. The van der Waals surface area contributed by atoms with Crippen LogP contribution in [0.3, 0.4) is 0 Å². The van der Waals surface area contributed by atoms with Crippen molar-refractivity contribution in [2.75, 3.05) is 4.90 Å². The minimum atomic E-state index is 0.596. The van der Waals surface area contributed by atoms with Gasteiger partial charge in [0.1, 0.15) is 11.2 Å². The van der Waals surface area contributed by atoms with Crippen LogP contribution in [0.25, 0.3) is 78.4 Å². The van der Waals surface area contributed by atoms with Crippen molar-refractivity contribution < 1.29 is 4.42 Å². The van der Waals surface area contributed by atoms with E-state index in [1.54, 1.807) is 0 Å². The zero-order valence-electron chi connectivity index (χ0n) is 30.3. The molecule has 0 radical (unpaired) electrons. The van der Waals surface area contributed by atoms with Crippen LogP contribution in [-0.4, -0.2) is 15.0 Å². The van der Waals surface area contributed by atoms with Crippen LogP contribution >= 0.6 is 0 Å². The number of aromatic nitrogens is 3. The molecule has 8 aromatic carbocycles. The van der Waals surface area contributed by atoms with Gasteiger partial charge in [-0.2, -0.15) is 0 Å². The second-order valence-electron chi connectivity index (χ2n) is 13.7. The van der Waals surface area contributed by atoms with Crippen LogP contribution in [0.1, 0.15) is 0 Å². The Morgan fingerprint density at radius 3 is 1.34 bits per heavy atom. The lowest BCUT2D eigenvalue weighted by Gasteiger charge is -2.26. The van der Waals surface area contributed by atoms with E-state index in [0.717, 1.165) is 66.8 Å². The van der Waals surface area contributed by atoms with Gasteiger partial charge in [0.25, 0.3) is 0 Å². The zero-order valence-corrected chi connectivity index (χ0v) is 30.3. The number of rotatable bonds is 8. The number of hydrogen-bond donors (Lipinski definition) is 0. The first-order chi connectivity index (χ1) is 27.7. The Kier molecular flexibility index (Phi) is 8.43. The highest BCUT2D eigenvalue weighted by molar-refractivity contribution is 6.12. The van der Waals surface area contributed by atoms with E-state index in [9.17, 15) is 0 Å². The average molecular weight is 719 g/mol. The molecule has 10 rings (SSSR count). The minimum absolute atomic E-state index is 0.596. The molecule has 0 fully saturated rings. The molecule has 5 heteroatoms. The van der Waals surface area contributed by atoms with Crippen LogP contribution in [0.5, 0.6) is 0 Å². The number of furan rings is 1. The molecular weight excluding hydrogens is 685 g/mol. The van der Waals surface area contributed by atoms with E-state index in [1.807, 2.05) is 78.9 Å². The normalized spacial score (nSPS) is 11.2. The average Bonchev–Trinajstić information content (AvgIpc) is 3.66. The van der Waals surface area contributed by atoms with Gasteiger partial charge >= 0.3 is 0 Å². The van der Waals surface area contributed by atoms with Crippen molar-refractivity contribution in [2.45, 2.75) is 0 Å². The van der Waals surface area contributed by atoms with Gasteiger partial charge < -0.3 is 9.32 Å². The summed E-state index contributed by atoms with van der Waals surface area (Å²) in [6.07, 6.45) is 0. The molecule has 0 saturated heterocycles. The lowest BCUT2D eigenvalue weighted by molar-refractivity contribution is 0.669. The van der Waals surface area contributed by atoms with Gasteiger partial charge in [-0.05, 0) is 76.9 Å². The van der Waals surface area contributed by atoms with Crippen molar-refractivity contribution in [3.63, 3.8) is 0 Å². The van der Waals surface area contributed by atoms with Gasteiger partial charge in [0, 0.05) is 44.5 Å². The second kappa shape index (κ2) is 14.3. The van der Waals surface area contributed by atoms with E-state index < -0.39 is 0 Å². The molecule has 2 aromatic heterocycles. The molecule has 0 spiro atoms. The fraction of sp³-hybridized carbons (Fsp3) is 0. The predicted octanol–water partition coefficient (Wildman–Crippen LogP) is 13.6. The molecule has 2 heterocycles. The van der Waals surface area contributed by atoms with Gasteiger partial charge in [0.15, 0.2) is 17.5 Å².